The number of nitrogens with one attached hydrogen (secondary N) is 1. The van der Waals surface area contributed by atoms with Gasteiger partial charge in [-0.3, -0.25) is 4.79 Å². The van der Waals surface area contributed by atoms with Crippen molar-refractivity contribution in [2.45, 2.75) is 44.9 Å². The topological polar surface area (TPSA) is 76.0 Å². The van der Waals surface area contributed by atoms with Crippen molar-refractivity contribution >= 4 is 11.7 Å². The number of β-amino-alcohol motifs (C(OH)–C–C–N with tert-alkyl or cyclic N) is 1. The Morgan fingerprint density at radius 1 is 1.36 bits per heavy atom. The molecule has 1 heterocycles. The van der Waals surface area contributed by atoms with Gasteiger partial charge in [0.05, 0.1) is 12.5 Å². The fraction of sp³-hybridized carbons (Fsp3) is 0.632. The summed E-state index contributed by atoms with van der Waals surface area (Å²) in [4.78, 5) is 14.9. The van der Waals surface area contributed by atoms with E-state index in [1.54, 1.807) is 0 Å². The molecule has 25 heavy (non-hydrogen) atoms. The second-order valence-electron chi connectivity index (χ2n) is 7.35. The molecule has 0 amide bonds. The number of nitrogens with zero attached hydrogens (tertiary/aromatic N) is 2. The van der Waals surface area contributed by atoms with Crippen LogP contribution in [0.4, 0.5) is 5.69 Å². The van der Waals surface area contributed by atoms with E-state index in [1.807, 2.05) is 0 Å². The number of aliphatic hydroxyl groups excluding tert-OH is 1. The Hall–Kier alpha value is -1.63. The third kappa shape index (κ3) is 6.65. The maximum absolute atomic E-state index is 10.6. The summed E-state index contributed by atoms with van der Waals surface area (Å²) in [5.74, 6) is -0.947. The smallest absolute Gasteiger partial charge is 0.306 e. The highest BCUT2D eigenvalue weighted by Gasteiger charge is 2.22. The van der Waals surface area contributed by atoms with Gasteiger partial charge in [0, 0.05) is 37.9 Å². The third-order valence-corrected chi connectivity index (χ3v) is 4.67. The predicted octanol–water partition coefficient (Wildman–Crippen LogP) is 1.77. The molecular formula is C19H31N3O3. The van der Waals surface area contributed by atoms with Crippen molar-refractivity contribution in [2.24, 2.45) is 0 Å². The van der Waals surface area contributed by atoms with Crippen LogP contribution in [0.25, 0.3) is 0 Å². The van der Waals surface area contributed by atoms with Crippen LogP contribution in [0.1, 0.15) is 30.4 Å². The van der Waals surface area contributed by atoms with Gasteiger partial charge in [-0.2, -0.15) is 0 Å². The Kier molecular flexibility index (Phi) is 7.23. The highest BCUT2D eigenvalue weighted by molar-refractivity contribution is 5.67. The molecule has 0 bridgehead atoms. The number of benzene rings is 1. The average molecular weight is 349 g/mol. The molecule has 1 unspecified atom stereocenters. The predicted molar refractivity (Wildman–Crippen MR) is 99.9 cm³/mol. The number of carboxylic acids is 1. The summed E-state index contributed by atoms with van der Waals surface area (Å²) in [5.41, 5.74) is 3.80. The molecule has 1 aromatic rings. The zero-order chi connectivity index (χ0) is 18.4. The van der Waals surface area contributed by atoms with Crippen LogP contribution in [0.2, 0.25) is 0 Å². The summed E-state index contributed by atoms with van der Waals surface area (Å²) in [6, 6.07) is 6.97. The van der Waals surface area contributed by atoms with Crippen molar-refractivity contribution in [3.8, 4) is 0 Å². The Bertz CT molecular complexity index is 569. The Balaban J connectivity index is 1.80. The van der Waals surface area contributed by atoms with Gasteiger partial charge in [-0.25, -0.2) is 0 Å². The van der Waals surface area contributed by atoms with Crippen LogP contribution in [0.3, 0.4) is 0 Å². The normalized spacial score (nSPS) is 17.6. The van der Waals surface area contributed by atoms with Gasteiger partial charge in [-0.1, -0.05) is 6.07 Å². The van der Waals surface area contributed by atoms with Crippen molar-refractivity contribution < 1.29 is 15.0 Å². The van der Waals surface area contributed by atoms with E-state index in [0.29, 0.717) is 12.6 Å². The summed E-state index contributed by atoms with van der Waals surface area (Å²) in [7, 11) is 4.15. The molecule has 6 nitrogen and oxygen atoms in total. The molecule has 1 aliphatic heterocycles. The van der Waals surface area contributed by atoms with E-state index in [0.717, 1.165) is 38.2 Å². The Morgan fingerprint density at radius 2 is 2.04 bits per heavy atom. The lowest BCUT2D eigenvalue weighted by Crippen LogP contribution is -2.42. The number of likely N-dealkylation sites (tertiary alicyclic amines) is 1. The molecule has 2 rings (SSSR count). The van der Waals surface area contributed by atoms with E-state index in [1.165, 1.54) is 11.1 Å². The summed E-state index contributed by atoms with van der Waals surface area (Å²) in [6.45, 7) is 5.30. The third-order valence-electron chi connectivity index (χ3n) is 4.67. The lowest BCUT2D eigenvalue weighted by molar-refractivity contribution is -0.139. The van der Waals surface area contributed by atoms with E-state index >= 15 is 0 Å². The highest BCUT2D eigenvalue weighted by atomic mass is 16.4. The van der Waals surface area contributed by atoms with Crippen LogP contribution in [-0.4, -0.2) is 71.9 Å². The number of rotatable bonds is 8. The van der Waals surface area contributed by atoms with Crippen LogP contribution in [-0.2, 0) is 11.3 Å². The number of hydrogen-bond acceptors (Lipinski definition) is 5. The van der Waals surface area contributed by atoms with E-state index < -0.39 is 12.1 Å². The number of hydrogen-bond donors (Lipinski definition) is 3. The van der Waals surface area contributed by atoms with E-state index in [4.69, 9.17) is 5.11 Å². The summed E-state index contributed by atoms with van der Waals surface area (Å²) in [6.07, 6.45) is 1.03. The van der Waals surface area contributed by atoms with Crippen LogP contribution >= 0.6 is 0 Å². The second-order valence-corrected chi connectivity index (χ2v) is 7.35. The van der Waals surface area contributed by atoms with Crippen molar-refractivity contribution in [3.63, 3.8) is 0 Å². The molecule has 0 aromatic heterocycles. The lowest BCUT2D eigenvalue weighted by Gasteiger charge is -2.33. The fourth-order valence-corrected chi connectivity index (χ4v) is 3.36. The number of carboxylic acid groups (broad SMARTS) is 1. The zero-order valence-electron chi connectivity index (χ0n) is 15.5. The molecule has 0 saturated carbocycles. The van der Waals surface area contributed by atoms with Gasteiger partial charge in [0.2, 0.25) is 0 Å². The average Bonchev–Trinajstić information content (AvgIpc) is 2.51. The molecule has 1 atom stereocenters. The monoisotopic (exact) mass is 349 g/mol. The van der Waals surface area contributed by atoms with Crippen LogP contribution in [0.15, 0.2) is 18.2 Å². The van der Waals surface area contributed by atoms with Crippen LogP contribution < -0.4 is 5.32 Å². The first-order valence-electron chi connectivity index (χ1n) is 8.96. The maximum atomic E-state index is 10.6. The number of aliphatic hydroxyl groups is 1. The molecular weight excluding hydrogens is 318 g/mol. The van der Waals surface area contributed by atoms with E-state index in [9.17, 15) is 9.90 Å². The summed E-state index contributed by atoms with van der Waals surface area (Å²) in [5, 5.41) is 22.1. The zero-order valence-corrected chi connectivity index (χ0v) is 15.5. The minimum atomic E-state index is -0.947. The number of carbonyl (C=O) groups is 1. The minimum absolute atomic E-state index is 0.184. The Morgan fingerprint density at radius 3 is 2.60 bits per heavy atom. The first-order valence-corrected chi connectivity index (χ1v) is 8.96. The molecule has 0 aliphatic carbocycles. The minimum Gasteiger partial charge on any atom is -0.481 e. The molecule has 1 saturated heterocycles. The van der Waals surface area contributed by atoms with Gasteiger partial charge >= 0.3 is 5.97 Å². The first kappa shape index (κ1) is 19.7. The standard InChI is InChI=1S/C19H31N3O3/c1-14-10-17(5-4-15(14)12-21(2)3)20-16-6-8-22(9-7-16)13-18(23)11-19(24)25/h4-5,10,16,18,20,23H,6-9,11-13H2,1-3H3,(H,24,25). The van der Waals surface area contributed by atoms with Gasteiger partial charge in [0.15, 0.2) is 0 Å². The number of aliphatic carboxylic acids is 1. The molecule has 6 heteroatoms. The largest absolute Gasteiger partial charge is 0.481 e. The molecule has 0 radical (unpaired) electrons. The van der Waals surface area contributed by atoms with Gasteiger partial charge in [0.1, 0.15) is 0 Å². The quantitative estimate of drug-likeness (QED) is 0.664. The molecule has 1 fully saturated rings. The van der Waals surface area contributed by atoms with Gasteiger partial charge in [-0.05, 0) is 57.1 Å². The highest BCUT2D eigenvalue weighted by Crippen LogP contribution is 2.20. The van der Waals surface area contributed by atoms with Crippen LogP contribution in [0, 0.1) is 6.92 Å². The summed E-state index contributed by atoms with van der Waals surface area (Å²) >= 11 is 0. The number of anilines is 1. The fourth-order valence-electron chi connectivity index (χ4n) is 3.36. The van der Waals surface area contributed by atoms with Gasteiger partial charge in [-0.15, -0.1) is 0 Å². The molecule has 1 aromatic carbocycles. The summed E-state index contributed by atoms with van der Waals surface area (Å²) < 4.78 is 0. The van der Waals surface area contributed by atoms with Gasteiger partial charge < -0.3 is 25.3 Å². The molecule has 140 valence electrons. The lowest BCUT2D eigenvalue weighted by atomic mass is 10.0. The SMILES string of the molecule is Cc1cc(NC2CCN(CC(O)CC(=O)O)CC2)ccc1CN(C)C. The van der Waals surface area contributed by atoms with E-state index in [2.05, 4.69) is 54.3 Å². The van der Waals surface area contributed by atoms with Crippen molar-refractivity contribution in [1.82, 2.24) is 9.80 Å². The first-order chi connectivity index (χ1) is 11.8. The number of aryl methyl sites for hydroxylation is 1. The molecule has 1 aliphatic rings. The van der Waals surface area contributed by atoms with Crippen molar-refractivity contribution in [1.29, 1.82) is 0 Å². The number of piperidine rings is 1. The second kappa shape index (κ2) is 9.17. The van der Waals surface area contributed by atoms with Crippen molar-refractivity contribution in [2.75, 3.05) is 39.0 Å². The molecule has 0 spiro atoms. The van der Waals surface area contributed by atoms with Crippen molar-refractivity contribution in [3.05, 3.63) is 29.3 Å². The van der Waals surface area contributed by atoms with E-state index in [-0.39, 0.29) is 6.42 Å². The Labute approximate surface area is 150 Å². The van der Waals surface area contributed by atoms with Crippen LogP contribution in [0.5, 0.6) is 0 Å². The maximum Gasteiger partial charge on any atom is 0.306 e. The van der Waals surface area contributed by atoms with Gasteiger partial charge in [0.25, 0.3) is 0 Å². The molecule has 3 N–H and O–H groups in total.